The summed E-state index contributed by atoms with van der Waals surface area (Å²) in [5, 5.41) is 38.6. The van der Waals surface area contributed by atoms with E-state index < -0.39 is 0 Å². The van der Waals surface area contributed by atoms with Gasteiger partial charge in [-0.25, -0.2) is 0 Å². The highest BCUT2D eigenvalue weighted by atomic mass is 16.3. The van der Waals surface area contributed by atoms with Gasteiger partial charge in [0, 0.05) is 0 Å². The van der Waals surface area contributed by atoms with E-state index >= 15 is 0 Å². The monoisotopic (exact) mass is 400 g/mol. The van der Waals surface area contributed by atoms with Crippen LogP contribution >= 0.6 is 0 Å². The van der Waals surface area contributed by atoms with Gasteiger partial charge in [-0.3, -0.25) is 0 Å². The first-order valence-corrected chi connectivity index (χ1v) is 9.60. The van der Waals surface area contributed by atoms with Crippen molar-refractivity contribution in [1.29, 1.82) is 0 Å². The molecule has 152 valence electrons. The number of hydrogen-bond acceptors (Lipinski definition) is 4. The number of allylic oxidation sites excluding steroid dienone is 4. The minimum Gasteiger partial charge on any atom is -0.508 e. The van der Waals surface area contributed by atoms with Gasteiger partial charge in [0.05, 0.1) is 6.61 Å². The lowest BCUT2D eigenvalue weighted by Crippen LogP contribution is -1.98. The summed E-state index contributed by atoms with van der Waals surface area (Å²) in [4.78, 5) is 0. The molecule has 0 atom stereocenters. The fraction of sp³-hybridized carbons (Fsp3) is 0.0769. The van der Waals surface area contributed by atoms with Crippen LogP contribution in [0, 0.1) is 0 Å². The number of phenols is 3. The molecule has 3 aromatic rings. The maximum atomic E-state index is 9.78. The van der Waals surface area contributed by atoms with Gasteiger partial charge in [-0.15, -0.1) is 0 Å². The van der Waals surface area contributed by atoms with E-state index in [0.717, 1.165) is 33.4 Å². The van der Waals surface area contributed by atoms with Gasteiger partial charge in [-0.1, -0.05) is 54.6 Å². The van der Waals surface area contributed by atoms with Crippen LogP contribution in [0.5, 0.6) is 17.2 Å². The Labute approximate surface area is 176 Å². The third-order valence-electron chi connectivity index (χ3n) is 4.72. The maximum absolute atomic E-state index is 9.78. The first-order chi connectivity index (χ1) is 14.5. The first kappa shape index (κ1) is 21.0. The van der Waals surface area contributed by atoms with E-state index in [4.69, 9.17) is 0 Å². The summed E-state index contributed by atoms with van der Waals surface area (Å²) < 4.78 is 0. The van der Waals surface area contributed by atoms with Crippen molar-refractivity contribution in [1.82, 2.24) is 0 Å². The molecular weight excluding hydrogens is 376 g/mol. The van der Waals surface area contributed by atoms with Crippen molar-refractivity contribution in [2.75, 3.05) is 6.61 Å². The number of aliphatic hydroxyl groups is 1. The molecule has 4 N–H and O–H groups in total. The SMILES string of the molecule is C/C=C(\C=C/CO)C(=C(c1ccc(O)cc1)c1ccc(O)cc1)c1ccc(O)cc1. The largest absolute Gasteiger partial charge is 0.508 e. The van der Waals surface area contributed by atoms with Crippen LogP contribution in [0.25, 0.3) is 11.1 Å². The Kier molecular flexibility index (Phi) is 6.73. The minimum atomic E-state index is -0.0893. The molecule has 30 heavy (non-hydrogen) atoms. The summed E-state index contributed by atoms with van der Waals surface area (Å²) in [6, 6.07) is 20.8. The summed E-state index contributed by atoms with van der Waals surface area (Å²) >= 11 is 0. The molecule has 0 aliphatic heterocycles. The highest BCUT2D eigenvalue weighted by Crippen LogP contribution is 2.38. The van der Waals surface area contributed by atoms with Gasteiger partial charge in [0.2, 0.25) is 0 Å². The lowest BCUT2D eigenvalue weighted by molar-refractivity contribution is 0.342. The Morgan fingerprint density at radius 3 is 1.43 bits per heavy atom. The van der Waals surface area contributed by atoms with Crippen molar-refractivity contribution >= 4 is 11.1 Å². The maximum Gasteiger partial charge on any atom is 0.115 e. The zero-order valence-electron chi connectivity index (χ0n) is 16.7. The van der Waals surface area contributed by atoms with Gasteiger partial charge in [0.1, 0.15) is 17.2 Å². The van der Waals surface area contributed by atoms with Gasteiger partial charge in [-0.2, -0.15) is 0 Å². The van der Waals surface area contributed by atoms with Crippen LogP contribution in [0.1, 0.15) is 23.6 Å². The second-order valence-corrected chi connectivity index (χ2v) is 6.72. The van der Waals surface area contributed by atoms with Crippen molar-refractivity contribution < 1.29 is 20.4 Å². The van der Waals surface area contributed by atoms with Crippen LogP contribution in [0.2, 0.25) is 0 Å². The normalized spacial score (nSPS) is 11.6. The standard InChI is InChI=1S/C26H24O4/c1-2-18(4-3-17-27)25(19-5-11-22(28)12-6-19)26(20-7-13-23(29)14-8-20)21-9-15-24(30)16-10-21/h2-16,27-30H,17H2,1H3/b4-3-,18-2+. The number of aliphatic hydroxyl groups excluding tert-OH is 1. The Morgan fingerprint density at radius 2 is 1.07 bits per heavy atom. The van der Waals surface area contributed by atoms with Crippen molar-refractivity contribution in [3.05, 3.63) is 113 Å². The third-order valence-corrected chi connectivity index (χ3v) is 4.72. The molecule has 4 heteroatoms. The second-order valence-electron chi connectivity index (χ2n) is 6.72. The molecule has 0 aliphatic carbocycles. The highest BCUT2D eigenvalue weighted by molar-refractivity contribution is 6.05. The number of rotatable bonds is 6. The number of benzene rings is 3. The van der Waals surface area contributed by atoms with E-state index in [0.29, 0.717) is 0 Å². The zero-order chi connectivity index (χ0) is 21.5. The van der Waals surface area contributed by atoms with E-state index in [1.54, 1.807) is 42.5 Å². The summed E-state index contributed by atoms with van der Waals surface area (Å²) in [6.07, 6.45) is 5.47. The number of aromatic hydroxyl groups is 3. The Hall–Kier alpha value is -3.76. The Morgan fingerprint density at radius 1 is 0.667 bits per heavy atom. The molecule has 0 aromatic heterocycles. The quantitative estimate of drug-likeness (QED) is 0.336. The molecule has 3 aromatic carbocycles. The van der Waals surface area contributed by atoms with Crippen molar-refractivity contribution in [2.24, 2.45) is 0 Å². The molecule has 0 saturated carbocycles. The predicted octanol–water partition coefficient (Wildman–Crippen LogP) is 5.26. The van der Waals surface area contributed by atoms with Crippen LogP contribution < -0.4 is 0 Å². The van der Waals surface area contributed by atoms with E-state index in [9.17, 15) is 20.4 Å². The minimum absolute atomic E-state index is 0.0893. The molecule has 0 fully saturated rings. The molecule has 0 unspecified atom stereocenters. The smallest absolute Gasteiger partial charge is 0.115 e. The number of hydrogen-bond donors (Lipinski definition) is 4. The van der Waals surface area contributed by atoms with Crippen LogP contribution in [0.4, 0.5) is 0 Å². The van der Waals surface area contributed by atoms with E-state index in [-0.39, 0.29) is 23.9 Å². The average molecular weight is 400 g/mol. The van der Waals surface area contributed by atoms with Crippen LogP contribution in [0.15, 0.2) is 96.6 Å². The molecule has 0 spiro atoms. The molecular formula is C26H24O4. The molecule has 0 amide bonds. The third kappa shape index (κ3) is 4.80. The van der Waals surface area contributed by atoms with Crippen LogP contribution in [-0.2, 0) is 0 Å². The molecule has 0 aliphatic rings. The van der Waals surface area contributed by atoms with Gasteiger partial charge < -0.3 is 20.4 Å². The first-order valence-electron chi connectivity index (χ1n) is 9.60. The molecule has 0 radical (unpaired) electrons. The van der Waals surface area contributed by atoms with Gasteiger partial charge in [-0.05, 0) is 76.7 Å². The second kappa shape index (κ2) is 9.63. The van der Waals surface area contributed by atoms with E-state index in [2.05, 4.69) is 0 Å². The molecule has 0 bridgehead atoms. The van der Waals surface area contributed by atoms with Crippen LogP contribution in [0.3, 0.4) is 0 Å². The summed E-state index contributed by atoms with van der Waals surface area (Å²) in [6.45, 7) is 1.83. The van der Waals surface area contributed by atoms with E-state index in [1.807, 2.05) is 55.5 Å². The van der Waals surface area contributed by atoms with E-state index in [1.165, 1.54) is 0 Å². The van der Waals surface area contributed by atoms with Gasteiger partial charge in [0.15, 0.2) is 0 Å². The highest BCUT2D eigenvalue weighted by Gasteiger charge is 2.17. The Bertz CT molecular complexity index is 1020. The average Bonchev–Trinajstić information content (AvgIpc) is 2.76. The molecule has 3 rings (SSSR count). The predicted molar refractivity (Wildman–Crippen MR) is 120 cm³/mol. The summed E-state index contributed by atoms with van der Waals surface area (Å²) in [5.41, 5.74) is 5.28. The summed E-state index contributed by atoms with van der Waals surface area (Å²) in [7, 11) is 0. The fourth-order valence-corrected chi connectivity index (χ4v) is 3.30. The van der Waals surface area contributed by atoms with Crippen LogP contribution in [-0.4, -0.2) is 27.0 Å². The summed E-state index contributed by atoms with van der Waals surface area (Å²) in [5.74, 6) is 0.504. The van der Waals surface area contributed by atoms with Crippen molar-refractivity contribution in [3.8, 4) is 17.2 Å². The van der Waals surface area contributed by atoms with Gasteiger partial charge in [0.25, 0.3) is 0 Å². The lowest BCUT2D eigenvalue weighted by Gasteiger charge is -2.19. The number of phenolic OH excluding ortho intramolecular Hbond substituents is 3. The topological polar surface area (TPSA) is 80.9 Å². The Balaban J connectivity index is 2.40. The van der Waals surface area contributed by atoms with Gasteiger partial charge >= 0.3 is 0 Å². The molecule has 0 heterocycles. The fourth-order valence-electron chi connectivity index (χ4n) is 3.30. The lowest BCUT2D eigenvalue weighted by atomic mass is 9.85. The molecule has 4 nitrogen and oxygen atoms in total. The van der Waals surface area contributed by atoms with Crippen molar-refractivity contribution in [3.63, 3.8) is 0 Å². The zero-order valence-corrected chi connectivity index (χ0v) is 16.7. The molecule has 0 saturated heterocycles. The van der Waals surface area contributed by atoms with Crippen molar-refractivity contribution in [2.45, 2.75) is 6.92 Å².